The summed E-state index contributed by atoms with van der Waals surface area (Å²) in [6.45, 7) is 3.54. The van der Waals surface area contributed by atoms with Crippen molar-refractivity contribution in [2.24, 2.45) is 5.92 Å². The van der Waals surface area contributed by atoms with E-state index in [-0.39, 0.29) is 24.6 Å². The van der Waals surface area contributed by atoms with Gasteiger partial charge in [0.1, 0.15) is 17.9 Å². The molecule has 2 aromatic rings. The van der Waals surface area contributed by atoms with E-state index in [0.29, 0.717) is 18.4 Å². The molecule has 3 N–H and O–H groups in total. The van der Waals surface area contributed by atoms with Crippen molar-refractivity contribution in [3.63, 3.8) is 0 Å². The number of rotatable bonds is 9. The van der Waals surface area contributed by atoms with E-state index < -0.39 is 29.9 Å². The molecule has 0 radical (unpaired) electrons. The topological polar surface area (TPSA) is 98.7 Å². The van der Waals surface area contributed by atoms with Crippen LogP contribution in [-0.2, 0) is 22.4 Å². The Morgan fingerprint density at radius 3 is 2.53 bits per heavy atom. The van der Waals surface area contributed by atoms with Crippen LogP contribution in [0.4, 0.5) is 9.18 Å². The first-order valence-corrected chi connectivity index (χ1v) is 10.7. The van der Waals surface area contributed by atoms with Crippen molar-refractivity contribution in [1.29, 1.82) is 0 Å². The fraction of sp³-hybridized carbons (Fsp3) is 0.375. The molecule has 0 bridgehead atoms. The second-order valence-electron chi connectivity index (χ2n) is 8.14. The molecule has 1 aliphatic heterocycles. The van der Waals surface area contributed by atoms with E-state index in [0.717, 1.165) is 16.0 Å². The molecule has 0 spiro atoms. The Labute approximate surface area is 186 Å². The summed E-state index contributed by atoms with van der Waals surface area (Å²) in [6, 6.07) is 12.2. The van der Waals surface area contributed by atoms with E-state index in [4.69, 9.17) is 5.21 Å². The molecule has 7 nitrogen and oxygen atoms in total. The van der Waals surface area contributed by atoms with Crippen LogP contribution in [0.3, 0.4) is 0 Å². The van der Waals surface area contributed by atoms with E-state index in [2.05, 4.69) is 5.32 Å². The van der Waals surface area contributed by atoms with Gasteiger partial charge < -0.3 is 5.32 Å². The van der Waals surface area contributed by atoms with Crippen molar-refractivity contribution in [1.82, 2.24) is 15.7 Å². The summed E-state index contributed by atoms with van der Waals surface area (Å²) >= 11 is 0. The number of carbonyl (C=O) groups excluding carboxylic acids is 3. The molecule has 32 heavy (non-hydrogen) atoms. The third-order valence-corrected chi connectivity index (χ3v) is 5.96. The van der Waals surface area contributed by atoms with Crippen LogP contribution in [0.15, 0.2) is 48.5 Å². The van der Waals surface area contributed by atoms with Crippen LogP contribution in [0.5, 0.6) is 0 Å². The predicted octanol–water partition coefficient (Wildman–Crippen LogP) is 3.19. The predicted molar refractivity (Wildman–Crippen MR) is 116 cm³/mol. The zero-order valence-electron chi connectivity index (χ0n) is 18.2. The molecule has 2 aromatic carbocycles. The molecule has 3 atom stereocenters. The molecule has 170 valence electrons. The van der Waals surface area contributed by atoms with Crippen LogP contribution in [0.25, 0.3) is 0 Å². The highest BCUT2D eigenvalue weighted by atomic mass is 19.1. The molecule has 1 saturated heterocycles. The normalized spacial score (nSPS) is 17.8. The lowest BCUT2D eigenvalue weighted by Gasteiger charge is -2.28. The maximum atomic E-state index is 14.6. The number of hydroxylamine groups is 1. The average Bonchev–Trinajstić information content (AvgIpc) is 3.07. The third-order valence-electron chi connectivity index (χ3n) is 5.96. The van der Waals surface area contributed by atoms with Gasteiger partial charge in [0.05, 0.1) is 0 Å². The van der Waals surface area contributed by atoms with Crippen LogP contribution in [-0.4, -0.2) is 40.0 Å². The number of nitrogens with zero attached hydrogens (tertiary/aromatic N) is 1. The van der Waals surface area contributed by atoms with Crippen molar-refractivity contribution < 1.29 is 24.0 Å². The minimum atomic E-state index is -1.11. The van der Waals surface area contributed by atoms with E-state index in [1.54, 1.807) is 13.0 Å². The van der Waals surface area contributed by atoms with Gasteiger partial charge in [-0.05, 0) is 47.9 Å². The van der Waals surface area contributed by atoms with Crippen LogP contribution in [0.2, 0.25) is 0 Å². The number of imide groups is 1. The van der Waals surface area contributed by atoms with Crippen LogP contribution >= 0.6 is 0 Å². The van der Waals surface area contributed by atoms with Gasteiger partial charge in [-0.15, -0.1) is 0 Å². The summed E-state index contributed by atoms with van der Waals surface area (Å²) in [5, 5.41) is 11.6. The molecule has 0 saturated carbocycles. The maximum absolute atomic E-state index is 14.6. The summed E-state index contributed by atoms with van der Waals surface area (Å²) in [4.78, 5) is 38.2. The minimum absolute atomic E-state index is 0.198. The summed E-state index contributed by atoms with van der Waals surface area (Å²) in [7, 11) is 0. The Hall–Kier alpha value is -3.26. The highest BCUT2D eigenvalue weighted by Crippen LogP contribution is 2.23. The highest BCUT2D eigenvalue weighted by molar-refractivity contribution is 6.07. The number of nitrogens with one attached hydrogen (secondary N) is 2. The fourth-order valence-corrected chi connectivity index (χ4v) is 3.96. The maximum Gasteiger partial charge on any atom is 0.325 e. The summed E-state index contributed by atoms with van der Waals surface area (Å²) < 4.78 is 14.6. The SMILES string of the molecule is CCC(C)C(C(=O)NO)N1C(=O)NC(CCc2ccc(Cc3ccccc3)cc2F)C1=O. The van der Waals surface area contributed by atoms with Gasteiger partial charge in [-0.3, -0.25) is 14.8 Å². The molecule has 3 unspecified atom stereocenters. The highest BCUT2D eigenvalue weighted by Gasteiger charge is 2.46. The van der Waals surface area contributed by atoms with Gasteiger partial charge in [0.25, 0.3) is 11.8 Å². The summed E-state index contributed by atoms with van der Waals surface area (Å²) in [5.41, 5.74) is 3.92. The molecule has 1 heterocycles. The number of halogens is 1. The van der Waals surface area contributed by atoms with Gasteiger partial charge in [0.2, 0.25) is 0 Å². The Morgan fingerprint density at radius 1 is 1.19 bits per heavy atom. The number of urea groups is 1. The monoisotopic (exact) mass is 441 g/mol. The van der Waals surface area contributed by atoms with Gasteiger partial charge in [-0.2, -0.15) is 0 Å². The fourth-order valence-electron chi connectivity index (χ4n) is 3.96. The van der Waals surface area contributed by atoms with Gasteiger partial charge in [-0.1, -0.05) is 62.7 Å². The Balaban J connectivity index is 1.66. The largest absolute Gasteiger partial charge is 0.326 e. The molecule has 1 fully saturated rings. The first-order chi connectivity index (χ1) is 15.3. The van der Waals surface area contributed by atoms with Crippen LogP contribution in [0.1, 0.15) is 43.4 Å². The Bertz CT molecular complexity index is 982. The molecule has 0 aliphatic carbocycles. The molecular weight excluding hydrogens is 413 g/mol. The molecular formula is C24H28FN3O4. The summed E-state index contributed by atoms with van der Waals surface area (Å²) in [6.07, 6.45) is 1.60. The number of benzene rings is 2. The Morgan fingerprint density at radius 2 is 1.91 bits per heavy atom. The number of hydrogen-bond acceptors (Lipinski definition) is 4. The zero-order chi connectivity index (χ0) is 23.3. The number of hydrogen-bond donors (Lipinski definition) is 3. The number of amides is 4. The van der Waals surface area contributed by atoms with Gasteiger partial charge in [0, 0.05) is 0 Å². The zero-order valence-corrected chi connectivity index (χ0v) is 18.2. The van der Waals surface area contributed by atoms with E-state index in [9.17, 15) is 18.8 Å². The quantitative estimate of drug-likeness (QED) is 0.316. The van der Waals surface area contributed by atoms with Gasteiger partial charge in [0.15, 0.2) is 0 Å². The smallest absolute Gasteiger partial charge is 0.325 e. The standard InChI is InChI=1S/C24H28FN3O4/c1-3-15(2)21(22(29)27-32)28-23(30)20(26-24(28)31)12-11-18-10-9-17(14-19(18)25)13-16-7-5-4-6-8-16/h4-10,14-15,20-21,32H,3,11-13H2,1-2H3,(H,26,31)(H,27,29). The lowest BCUT2D eigenvalue weighted by atomic mass is 9.96. The molecule has 8 heteroatoms. The van der Waals surface area contributed by atoms with Crippen molar-refractivity contribution in [3.8, 4) is 0 Å². The number of carbonyl (C=O) groups is 3. The lowest BCUT2D eigenvalue weighted by Crippen LogP contribution is -2.52. The van der Waals surface area contributed by atoms with Gasteiger partial charge >= 0.3 is 6.03 Å². The number of aryl methyl sites for hydroxylation is 1. The van der Waals surface area contributed by atoms with E-state index in [1.807, 2.05) is 43.3 Å². The van der Waals surface area contributed by atoms with Crippen LogP contribution in [0, 0.1) is 11.7 Å². The molecule has 1 aliphatic rings. The Kier molecular flexibility index (Phi) is 7.58. The van der Waals surface area contributed by atoms with Crippen molar-refractivity contribution >= 4 is 17.8 Å². The summed E-state index contributed by atoms with van der Waals surface area (Å²) in [5.74, 6) is -2.07. The van der Waals surface area contributed by atoms with Gasteiger partial charge in [-0.25, -0.2) is 19.6 Å². The minimum Gasteiger partial charge on any atom is -0.326 e. The first-order valence-electron chi connectivity index (χ1n) is 10.7. The molecule has 4 amide bonds. The molecule has 0 aromatic heterocycles. The lowest BCUT2D eigenvalue weighted by molar-refractivity contribution is -0.142. The molecule has 3 rings (SSSR count). The average molecular weight is 442 g/mol. The van der Waals surface area contributed by atoms with Crippen molar-refractivity contribution in [3.05, 3.63) is 71.0 Å². The third kappa shape index (κ3) is 5.13. The second kappa shape index (κ2) is 10.4. The first kappa shape index (κ1) is 23.4. The van der Waals surface area contributed by atoms with Crippen molar-refractivity contribution in [2.75, 3.05) is 0 Å². The van der Waals surface area contributed by atoms with E-state index in [1.165, 1.54) is 11.5 Å². The van der Waals surface area contributed by atoms with Crippen molar-refractivity contribution in [2.45, 2.75) is 51.6 Å². The van der Waals surface area contributed by atoms with Crippen LogP contribution < -0.4 is 10.8 Å². The second-order valence-corrected chi connectivity index (χ2v) is 8.14. The van der Waals surface area contributed by atoms with E-state index >= 15 is 0 Å².